The van der Waals surface area contributed by atoms with Gasteiger partial charge in [0.15, 0.2) is 5.82 Å². The van der Waals surface area contributed by atoms with E-state index in [1.54, 1.807) is 24.5 Å². The van der Waals surface area contributed by atoms with Crippen LogP contribution in [0.1, 0.15) is 48.4 Å². The van der Waals surface area contributed by atoms with Gasteiger partial charge in [-0.2, -0.15) is 18.2 Å². The molecule has 2 N–H and O–H groups in total. The van der Waals surface area contributed by atoms with Crippen molar-refractivity contribution in [1.29, 1.82) is 0 Å². The Hall–Kier alpha value is -3.47. The predicted molar refractivity (Wildman–Crippen MR) is 124 cm³/mol. The Morgan fingerprint density at radius 1 is 1.17 bits per heavy atom. The number of halogens is 3. The number of pyridine rings is 1. The third-order valence-corrected chi connectivity index (χ3v) is 5.71. The summed E-state index contributed by atoms with van der Waals surface area (Å²) in [6.07, 6.45) is -1.36. The van der Waals surface area contributed by atoms with Crippen molar-refractivity contribution in [2.24, 2.45) is 0 Å². The highest BCUT2D eigenvalue weighted by Gasteiger charge is 2.34. The molecule has 4 rings (SSSR count). The number of piperazine rings is 1. The van der Waals surface area contributed by atoms with Crippen LogP contribution in [0.3, 0.4) is 0 Å². The molecule has 0 unspecified atom stereocenters. The van der Waals surface area contributed by atoms with Gasteiger partial charge in [0.05, 0.1) is 17.4 Å². The number of carbonyl (C=O) groups is 1. The van der Waals surface area contributed by atoms with Crippen LogP contribution in [0.25, 0.3) is 11.1 Å². The van der Waals surface area contributed by atoms with E-state index < -0.39 is 23.1 Å². The van der Waals surface area contributed by atoms with E-state index in [1.165, 1.54) is 6.07 Å². The fourth-order valence-corrected chi connectivity index (χ4v) is 3.82. The summed E-state index contributed by atoms with van der Waals surface area (Å²) in [5.74, 6) is -0.696. The summed E-state index contributed by atoms with van der Waals surface area (Å²) in [5, 5.41) is 9.49. The molecule has 3 aromatic rings. The molecule has 1 amide bonds. The number of hydrogen-bond donors (Lipinski definition) is 2. The summed E-state index contributed by atoms with van der Waals surface area (Å²) >= 11 is 0. The lowest BCUT2D eigenvalue weighted by Gasteiger charge is -2.31. The maximum Gasteiger partial charge on any atom is 0.416 e. The van der Waals surface area contributed by atoms with E-state index >= 15 is 0 Å². The number of rotatable bonds is 5. The van der Waals surface area contributed by atoms with Crippen molar-refractivity contribution in [3.05, 3.63) is 59.5 Å². The molecule has 186 valence electrons. The largest absolute Gasteiger partial charge is 0.416 e. The lowest BCUT2D eigenvalue weighted by Crippen LogP contribution is -2.43. The molecule has 1 aliphatic heterocycles. The number of aromatic nitrogens is 3. The first-order chi connectivity index (χ1) is 16.5. The molecule has 0 aliphatic carbocycles. The first-order valence-corrected chi connectivity index (χ1v) is 11.3. The second kappa shape index (κ2) is 9.65. The SMILES string of the molecule is CC(C)(C)c1noc(C(=O)NCc2ccc(-c3ccncc3N3CCNCC3)cc2C(F)(F)F)n1. The van der Waals surface area contributed by atoms with Crippen LogP contribution in [0, 0.1) is 0 Å². The average molecular weight is 489 g/mol. The molecular formula is C24H27F3N6O2. The van der Waals surface area contributed by atoms with E-state index in [2.05, 4.69) is 30.7 Å². The van der Waals surface area contributed by atoms with Gasteiger partial charge in [0.25, 0.3) is 0 Å². The van der Waals surface area contributed by atoms with Gasteiger partial charge in [-0.05, 0) is 23.3 Å². The smallest absolute Gasteiger partial charge is 0.367 e. The van der Waals surface area contributed by atoms with Crippen LogP contribution < -0.4 is 15.5 Å². The lowest BCUT2D eigenvalue weighted by atomic mass is 9.96. The van der Waals surface area contributed by atoms with Crippen molar-refractivity contribution in [3.63, 3.8) is 0 Å². The van der Waals surface area contributed by atoms with Crippen molar-refractivity contribution in [2.45, 2.75) is 38.9 Å². The molecule has 1 aromatic carbocycles. The molecule has 0 radical (unpaired) electrons. The van der Waals surface area contributed by atoms with Crippen molar-refractivity contribution >= 4 is 11.6 Å². The summed E-state index contributed by atoms with van der Waals surface area (Å²) < 4.78 is 47.0. The molecule has 3 heterocycles. The number of benzene rings is 1. The Bertz CT molecular complexity index is 1200. The fourth-order valence-electron chi connectivity index (χ4n) is 3.82. The zero-order chi connectivity index (χ0) is 25.2. The number of nitrogens with zero attached hydrogens (tertiary/aromatic N) is 4. The van der Waals surface area contributed by atoms with E-state index in [1.807, 2.05) is 20.8 Å². The van der Waals surface area contributed by atoms with Gasteiger partial charge in [0, 0.05) is 49.9 Å². The minimum Gasteiger partial charge on any atom is -0.367 e. The zero-order valence-electron chi connectivity index (χ0n) is 19.7. The van der Waals surface area contributed by atoms with Gasteiger partial charge in [0.1, 0.15) is 0 Å². The van der Waals surface area contributed by atoms with Crippen molar-refractivity contribution in [3.8, 4) is 11.1 Å². The fraction of sp³-hybridized carbons (Fsp3) is 0.417. The molecule has 35 heavy (non-hydrogen) atoms. The number of alkyl halides is 3. The molecule has 1 fully saturated rings. The molecule has 11 heteroatoms. The van der Waals surface area contributed by atoms with Crippen LogP contribution >= 0.6 is 0 Å². The average Bonchev–Trinajstić information content (AvgIpc) is 3.34. The van der Waals surface area contributed by atoms with Gasteiger partial charge in [-0.3, -0.25) is 9.78 Å². The summed E-state index contributed by atoms with van der Waals surface area (Å²) in [4.78, 5) is 22.8. The number of nitrogens with one attached hydrogen (secondary N) is 2. The molecule has 1 saturated heterocycles. The van der Waals surface area contributed by atoms with Crippen molar-refractivity contribution < 1.29 is 22.5 Å². The first-order valence-electron chi connectivity index (χ1n) is 11.3. The molecule has 0 bridgehead atoms. The van der Waals surface area contributed by atoms with Crippen molar-refractivity contribution in [2.75, 3.05) is 31.1 Å². The first kappa shape index (κ1) is 24.6. The maximum absolute atomic E-state index is 14.0. The van der Waals surface area contributed by atoms with Crippen molar-refractivity contribution in [1.82, 2.24) is 25.8 Å². The van der Waals surface area contributed by atoms with E-state index in [4.69, 9.17) is 4.52 Å². The van der Waals surface area contributed by atoms with Gasteiger partial charge in [-0.1, -0.05) is 38.1 Å². The van der Waals surface area contributed by atoms with Crippen LogP contribution in [0.15, 0.2) is 41.2 Å². The third-order valence-electron chi connectivity index (χ3n) is 5.71. The van der Waals surface area contributed by atoms with E-state index in [0.717, 1.165) is 37.9 Å². The van der Waals surface area contributed by atoms with Gasteiger partial charge in [-0.25, -0.2) is 0 Å². The molecule has 0 atom stereocenters. The molecule has 0 saturated carbocycles. The summed E-state index contributed by atoms with van der Waals surface area (Å²) in [7, 11) is 0. The summed E-state index contributed by atoms with van der Waals surface area (Å²) in [6, 6.07) is 5.85. The quantitative estimate of drug-likeness (QED) is 0.564. The number of anilines is 1. The van der Waals surface area contributed by atoms with Crippen LogP contribution in [-0.4, -0.2) is 47.2 Å². The summed E-state index contributed by atoms with van der Waals surface area (Å²) in [5.41, 5.74) is 0.563. The minimum atomic E-state index is -4.61. The molecule has 8 nitrogen and oxygen atoms in total. The highest BCUT2D eigenvalue weighted by atomic mass is 19.4. The zero-order valence-corrected chi connectivity index (χ0v) is 19.7. The second-order valence-corrected chi connectivity index (χ2v) is 9.36. The van der Waals surface area contributed by atoms with Crippen LogP contribution in [0.5, 0.6) is 0 Å². The molecule has 1 aliphatic rings. The van der Waals surface area contributed by atoms with E-state index in [0.29, 0.717) is 17.0 Å². The highest BCUT2D eigenvalue weighted by Crippen LogP contribution is 2.37. The van der Waals surface area contributed by atoms with Gasteiger partial charge in [-0.15, -0.1) is 0 Å². The Kier molecular flexibility index (Phi) is 6.79. The van der Waals surface area contributed by atoms with Crippen LogP contribution in [-0.2, 0) is 18.1 Å². The van der Waals surface area contributed by atoms with Crippen LogP contribution in [0.4, 0.5) is 18.9 Å². The third kappa shape index (κ3) is 5.61. The Balaban J connectivity index is 1.59. The Labute approximate surface area is 200 Å². The van der Waals surface area contributed by atoms with E-state index in [9.17, 15) is 18.0 Å². The van der Waals surface area contributed by atoms with Gasteiger partial charge in [0.2, 0.25) is 0 Å². The standard InChI is InChI=1S/C24H27F3N6O2/c1-23(2,3)22-31-21(35-32-22)20(34)30-13-16-5-4-15(12-18(16)24(25,26)27)17-6-7-29-14-19(17)33-10-8-28-9-11-33/h4-7,12,14,28H,8-11,13H2,1-3H3,(H,30,34). The monoisotopic (exact) mass is 488 g/mol. The van der Waals surface area contributed by atoms with Gasteiger partial charge < -0.3 is 20.1 Å². The number of amides is 1. The summed E-state index contributed by atoms with van der Waals surface area (Å²) in [6.45, 7) is 8.27. The predicted octanol–water partition coefficient (Wildman–Crippen LogP) is 3.79. The molecule has 2 aromatic heterocycles. The number of carbonyl (C=O) groups excluding carboxylic acids is 1. The molecular weight excluding hydrogens is 461 g/mol. The minimum absolute atomic E-state index is 0.0667. The second-order valence-electron chi connectivity index (χ2n) is 9.36. The highest BCUT2D eigenvalue weighted by molar-refractivity contribution is 5.89. The topological polar surface area (TPSA) is 96.2 Å². The maximum atomic E-state index is 14.0. The lowest BCUT2D eigenvalue weighted by molar-refractivity contribution is -0.138. The number of hydrogen-bond acceptors (Lipinski definition) is 7. The molecule has 0 spiro atoms. The normalized spacial score (nSPS) is 14.7. The Morgan fingerprint density at radius 3 is 2.57 bits per heavy atom. The van der Waals surface area contributed by atoms with Crippen LogP contribution in [0.2, 0.25) is 0 Å². The van der Waals surface area contributed by atoms with E-state index in [-0.39, 0.29) is 18.0 Å². The van der Waals surface area contributed by atoms with Gasteiger partial charge >= 0.3 is 18.0 Å². The Morgan fingerprint density at radius 2 is 1.91 bits per heavy atom.